The minimum absolute atomic E-state index is 0.285. The van der Waals surface area contributed by atoms with Crippen molar-refractivity contribution in [2.24, 2.45) is 0 Å². The summed E-state index contributed by atoms with van der Waals surface area (Å²) < 4.78 is 5.48. The third kappa shape index (κ3) is 2.61. The van der Waals surface area contributed by atoms with E-state index in [0.29, 0.717) is 5.88 Å². The van der Waals surface area contributed by atoms with Crippen molar-refractivity contribution < 1.29 is 4.74 Å². The molecule has 0 bridgehead atoms. The Balaban J connectivity index is 2.07. The van der Waals surface area contributed by atoms with Crippen LogP contribution in [-0.4, -0.2) is 30.8 Å². The van der Waals surface area contributed by atoms with Crippen molar-refractivity contribution >= 4 is 17.4 Å². The zero-order chi connectivity index (χ0) is 10.7. The number of ether oxygens (including phenoxy) is 1. The first-order valence-corrected chi connectivity index (χ1v) is 5.70. The molecule has 0 amide bonds. The molecule has 1 aliphatic rings. The predicted octanol–water partition coefficient (Wildman–Crippen LogP) is 2.05. The Labute approximate surface area is 95.0 Å². The van der Waals surface area contributed by atoms with Gasteiger partial charge in [0.1, 0.15) is 5.82 Å². The van der Waals surface area contributed by atoms with Gasteiger partial charge in [-0.1, -0.05) is 6.07 Å². The van der Waals surface area contributed by atoms with Crippen molar-refractivity contribution in [3.8, 4) is 0 Å². The van der Waals surface area contributed by atoms with Crippen LogP contribution in [0.2, 0.25) is 0 Å². The largest absolute Gasteiger partial charge is 0.375 e. The number of hydrogen-bond acceptors (Lipinski definition) is 3. The van der Waals surface area contributed by atoms with Gasteiger partial charge in [0.05, 0.1) is 12.7 Å². The van der Waals surface area contributed by atoms with E-state index < -0.39 is 0 Å². The summed E-state index contributed by atoms with van der Waals surface area (Å²) in [5.41, 5.74) is 1.06. The molecule has 1 unspecified atom stereocenters. The lowest BCUT2D eigenvalue weighted by Crippen LogP contribution is -2.41. The van der Waals surface area contributed by atoms with Gasteiger partial charge in [-0.2, -0.15) is 0 Å². The summed E-state index contributed by atoms with van der Waals surface area (Å²) in [5, 5.41) is 0. The Morgan fingerprint density at radius 1 is 1.60 bits per heavy atom. The van der Waals surface area contributed by atoms with Crippen LogP contribution in [0.25, 0.3) is 0 Å². The fourth-order valence-corrected chi connectivity index (χ4v) is 1.87. The molecular formula is C11H15ClN2O. The topological polar surface area (TPSA) is 25.4 Å². The molecule has 2 rings (SSSR count). The van der Waals surface area contributed by atoms with Gasteiger partial charge in [-0.05, 0) is 18.6 Å². The summed E-state index contributed by atoms with van der Waals surface area (Å²) in [6, 6.07) is 4.05. The van der Waals surface area contributed by atoms with E-state index in [4.69, 9.17) is 16.3 Å². The molecule has 1 aromatic heterocycles. The van der Waals surface area contributed by atoms with Crippen molar-refractivity contribution in [2.45, 2.75) is 18.9 Å². The van der Waals surface area contributed by atoms with Crippen LogP contribution in [0.15, 0.2) is 18.3 Å². The average Bonchev–Trinajstić information content (AvgIpc) is 2.29. The van der Waals surface area contributed by atoms with Crippen molar-refractivity contribution in [1.82, 2.24) is 4.98 Å². The van der Waals surface area contributed by atoms with Gasteiger partial charge in [-0.3, -0.25) is 0 Å². The van der Waals surface area contributed by atoms with E-state index in [0.717, 1.165) is 31.1 Å². The third-order valence-electron chi connectivity index (χ3n) is 2.53. The molecule has 1 saturated heterocycles. The summed E-state index contributed by atoms with van der Waals surface area (Å²) in [6.07, 6.45) is 2.12. The zero-order valence-corrected chi connectivity index (χ0v) is 9.57. The maximum atomic E-state index is 5.71. The fourth-order valence-electron chi connectivity index (χ4n) is 1.71. The molecule has 0 aliphatic carbocycles. The summed E-state index contributed by atoms with van der Waals surface area (Å²) in [5.74, 6) is 1.53. The predicted molar refractivity (Wildman–Crippen MR) is 61.4 cm³/mol. The summed E-state index contributed by atoms with van der Waals surface area (Å²) in [6.45, 7) is 4.68. The normalized spacial score (nSPS) is 21.7. The van der Waals surface area contributed by atoms with Crippen molar-refractivity contribution in [3.63, 3.8) is 0 Å². The SMILES string of the molecule is CC1CN(c2ccc(CCl)cn2)CCO1. The molecule has 0 radical (unpaired) electrons. The van der Waals surface area contributed by atoms with Crippen LogP contribution >= 0.6 is 11.6 Å². The first kappa shape index (κ1) is 10.7. The number of anilines is 1. The highest BCUT2D eigenvalue weighted by Gasteiger charge is 2.17. The van der Waals surface area contributed by atoms with Crippen LogP contribution in [0.3, 0.4) is 0 Å². The van der Waals surface area contributed by atoms with Crippen LogP contribution in [0, 0.1) is 0 Å². The zero-order valence-electron chi connectivity index (χ0n) is 8.82. The van der Waals surface area contributed by atoms with Crippen molar-refractivity contribution in [2.75, 3.05) is 24.6 Å². The van der Waals surface area contributed by atoms with Gasteiger partial charge in [0.15, 0.2) is 0 Å². The van der Waals surface area contributed by atoms with Crippen molar-refractivity contribution in [3.05, 3.63) is 23.9 Å². The van der Waals surface area contributed by atoms with E-state index in [1.54, 1.807) is 0 Å². The third-order valence-corrected chi connectivity index (χ3v) is 2.84. The van der Waals surface area contributed by atoms with Gasteiger partial charge < -0.3 is 9.64 Å². The highest BCUT2D eigenvalue weighted by molar-refractivity contribution is 6.17. The monoisotopic (exact) mass is 226 g/mol. The first-order valence-electron chi connectivity index (χ1n) is 5.17. The second-order valence-corrected chi connectivity index (χ2v) is 4.05. The second-order valence-electron chi connectivity index (χ2n) is 3.79. The fraction of sp³-hybridized carbons (Fsp3) is 0.545. The van der Waals surface area contributed by atoms with E-state index in [2.05, 4.69) is 16.8 Å². The van der Waals surface area contributed by atoms with Crippen LogP contribution in [0.4, 0.5) is 5.82 Å². The lowest BCUT2D eigenvalue weighted by atomic mass is 10.2. The molecule has 0 saturated carbocycles. The quantitative estimate of drug-likeness (QED) is 0.722. The summed E-state index contributed by atoms with van der Waals surface area (Å²) >= 11 is 5.71. The Hall–Kier alpha value is -0.800. The minimum atomic E-state index is 0.285. The molecular weight excluding hydrogens is 212 g/mol. The molecule has 15 heavy (non-hydrogen) atoms. The summed E-state index contributed by atoms with van der Waals surface area (Å²) in [4.78, 5) is 6.64. The number of rotatable bonds is 2. The molecule has 82 valence electrons. The van der Waals surface area contributed by atoms with Gasteiger partial charge in [-0.25, -0.2) is 4.98 Å². The van der Waals surface area contributed by atoms with E-state index in [-0.39, 0.29) is 6.10 Å². The lowest BCUT2D eigenvalue weighted by Gasteiger charge is -2.32. The highest BCUT2D eigenvalue weighted by Crippen LogP contribution is 2.15. The molecule has 2 heterocycles. The van der Waals surface area contributed by atoms with E-state index in [1.165, 1.54) is 0 Å². The van der Waals surface area contributed by atoms with Gasteiger partial charge in [0.2, 0.25) is 0 Å². The summed E-state index contributed by atoms with van der Waals surface area (Å²) in [7, 11) is 0. The number of hydrogen-bond donors (Lipinski definition) is 0. The maximum absolute atomic E-state index is 5.71. The van der Waals surface area contributed by atoms with Gasteiger partial charge in [0, 0.05) is 25.2 Å². The molecule has 1 aromatic rings. The molecule has 4 heteroatoms. The van der Waals surface area contributed by atoms with Crippen LogP contribution in [0.5, 0.6) is 0 Å². The van der Waals surface area contributed by atoms with E-state index in [1.807, 2.05) is 18.3 Å². The number of alkyl halides is 1. The molecule has 1 atom stereocenters. The van der Waals surface area contributed by atoms with Crippen LogP contribution < -0.4 is 4.90 Å². The highest BCUT2D eigenvalue weighted by atomic mass is 35.5. The number of aromatic nitrogens is 1. The van der Waals surface area contributed by atoms with Crippen molar-refractivity contribution in [1.29, 1.82) is 0 Å². The standard InChI is InChI=1S/C11H15ClN2O/c1-9-8-14(4-5-15-9)11-3-2-10(6-12)7-13-11/h2-3,7,9H,4-6,8H2,1H3. The molecule has 0 N–H and O–H groups in total. The molecule has 1 aliphatic heterocycles. The van der Waals surface area contributed by atoms with E-state index >= 15 is 0 Å². The minimum Gasteiger partial charge on any atom is -0.375 e. The number of halogens is 1. The van der Waals surface area contributed by atoms with Crippen LogP contribution in [0.1, 0.15) is 12.5 Å². The average molecular weight is 227 g/mol. The Kier molecular flexibility index (Phi) is 3.44. The smallest absolute Gasteiger partial charge is 0.128 e. The van der Waals surface area contributed by atoms with Gasteiger partial charge in [0.25, 0.3) is 0 Å². The second kappa shape index (κ2) is 4.81. The molecule has 0 spiro atoms. The number of morpholine rings is 1. The number of nitrogens with zero attached hydrogens (tertiary/aromatic N) is 2. The Morgan fingerprint density at radius 3 is 3.07 bits per heavy atom. The molecule has 1 fully saturated rings. The molecule has 3 nitrogen and oxygen atoms in total. The van der Waals surface area contributed by atoms with Crippen LogP contribution in [-0.2, 0) is 10.6 Å². The maximum Gasteiger partial charge on any atom is 0.128 e. The Morgan fingerprint density at radius 2 is 2.47 bits per heavy atom. The Bertz CT molecular complexity index is 315. The lowest BCUT2D eigenvalue weighted by molar-refractivity contribution is 0.0529. The molecule has 0 aromatic carbocycles. The van der Waals surface area contributed by atoms with Gasteiger partial charge in [-0.15, -0.1) is 11.6 Å². The van der Waals surface area contributed by atoms with Gasteiger partial charge >= 0.3 is 0 Å². The number of pyridine rings is 1. The first-order chi connectivity index (χ1) is 7.29. The van der Waals surface area contributed by atoms with E-state index in [9.17, 15) is 0 Å².